The van der Waals surface area contributed by atoms with Crippen molar-refractivity contribution in [3.8, 4) is 0 Å². The number of rotatable bonds is 8. The van der Waals surface area contributed by atoms with E-state index in [-0.39, 0.29) is 11.8 Å². The molecule has 0 aliphatic rings. The molecule has 3 aromatic rings. The maximum atomic E-state index is 12.9. The van der Waals surface area contributed by atoms with Crippen LogP contribution in [-0.2, 0) is 22.6 Å². The van der Waals surface area contributed by atoms with Gasteiger partial charge in [0.2, 0.25) is 5.91 Å². The van der Waals surface area contributed by atoms with E-state index in [1.165, 1.54) is 0 Å². The third kappa shape index (κ3) is 4.77. The predicted molar refractivity (Wildman–Crippen MR) is 104 cm³/mol. The second kappa shape index (κ2) is 9.27. The Bertz CT molecular complexity index is 779. The first-order valence-electron chi connectivity index (χ1n) is 8.57. The molecule has 0 fully saturated rings. The van der Waals surface area contributed by atoms with E-state index in [1.54, 1.807) is 18.4 Å². The minimum atomic E-state index is -0.308. The van der Waals surface area contributed by atoms with Crippen molar-refractivity contribution >= 4 is 17.2 Å². The van der Waals surface area contributed by atoms with Crippen molar-refractivity contribution in [2.75, 3.05) is 13.7 Å². The predicted octanol–water partition coefficient (Wildman–Crippen LogP) is 3.78. The Hall–Kier alpha value is -2.50. The van der Waals surface area contributed by atoms with Gasteiger partial charge in [0.15, 0.2) is 0 Å². The first-order chi connectivity index (χ1) is 12.8. The van der Waals surface area contributed by atoms with Crippen LogP contribution in [0, 0.1) is 0 Å². The molecule has 0 radical (unpaired) electrons. The molecule has 0 aliphatic heterocycles. The summed E-state index contributed by atoms with van der Waals surface area (Å²) in [5.41, 5.74) is 2.97. The average molecular weight is 366 g/mol. The monoisotopic (exact) mass is 366 g/mol. The standard InChI is InChI=1S/C21H22N2O2S/c1-25-14-19-23-18(15-26-19)12-13-22-21(24)20(16-8-4-2-5-9-16)17-10-6-3-7-11-17/h2-11,15,20H,12-14H2,1H3,(H,22,24). The van der Waals surface area contributed by atoms with E-state index in [4.69, 9.17) is 4.74 Å². The smallest absolute Gasteiger partial charge is 0.232 e. The van der Waals surface area contributed by atoms with E-state index in [0.29, 0.717) is 19.6 Å². The van der Waals surface area contributed by atoms with Crippen molar-refractivity contribution in [2.24, 2.45) is 0 Å². The number of hydrogen-bond donors (Lipinski definition) is 1. The topological polar surface area (TPSA) is 51.2 Å². The minimum absolute atomic E-state index is 0.00902. The molecule has 2 aromatic carbocycles. The second-order valence-corrected chi connectivity index (χ2v) is 6.90. The third-order valence-corrected chi connectivity index (χ3v) is 4.95. The summed E-state index contributed by atoms with van der Waals surface area (Å²) in [5, 5.41) is 6.04. The molecule has 0 saturated heterocycles. The number of thiazole rings is 1. The van der Waals surface area contributed by atoms with Gasteiger partial charge >= 0.3 is 0 Å². The number of amides is 1. The molecule has 0 atom stereocenters. The van der Waals surface area contributed by atoms with Crippen LogP contribution in [0.4, 0.5) is 0 Å². The molecule has 0 bridgehead atoms. The van der Waals surface area contributed by atoms with Crippen molar-refractivity contribution in [2.45, 2.75) is 18.9 Å². The minimum Gasteiger partial charge on any atom is -0.378 e. The molecule has 4 nitrogen and oxygen atoms in total. The fourth-order valence-electron chi connectivity index (χ4n) is 2.86. The van der Waals surface area contributed by atoms with Crippen LogP contribution in [-0.4, -0.2) is 24.5 Å². The van der Waals surface area contributed by atoms with Crippen LogP contribution in [0.2, 0.25) is 0 Å². The van der Waals surface area contributed by atoms with Gasteiger partial charge in [-0.05, 0) is 11.1 Å². The Balaban J connectivity index is 1.66. The van der Waals surface area contributed by atoms with Gasteiger partial charge in [0.1, 0.15) is 5.01 Å². The molecule has 0 saturated carbocycles. The largest absolute Gasteiger partial charge is 0.378 e. The van der Waals surface area contributed by atoms with Gasteiger partial charge in [0, 0.05) is 25.5 Å². The summed E-state index contributed by atoms with van der Waals surface area (Å²) in [6, 6.07) is 19.8. The zero-order valence-corrected chi connectivity index (χ0v) is 15.5. The molecule has 1 heterocycles. The molecular formula is C21H22N2O2S. The van der Waals surface area contributed by atoms with Gasteiger partial charge in [0.25, 0.3) is 0 Å². The van der Waals surface area contributed by atoms with Gasteiger partial charge in [-0.1, -0.05) is 60.7 Å². The molecule has 1 N–H and O–H groups in total. The zero-order valence-electron chi connectivity index (χ0n) is 14.7. The Kier molecular flexibility index (Phi) is 6.52. The molecule has 1 aromatic heterocycles. The van der Waals surface area contributed by atoms with Gasteiger partial charge in [-0.2, -0.15) is 0 Å². The van der Waals surface area contributed by atoms with Gasteiger partial charge in [-0.25, -0.2) is 4.98 Å². The van der Waals surface area contributed by atoms with Crippen LogP contribution < -0.4 is 5.32 Å². The first-order valence-corrected chi connectivity index (χ1v) is 9.45. The molecule has 26 heavy (non-hydrogen) atoms. The van der Waals surface area contributed by atoms with Crippen molar-refractivity contribution in [3.63, 3.8) is 0 Å². The summed E-state index contributed by atoms with van der Waals surface area (Å²) in [6.45, 7) is 1.09. The number of nitrogens with one attached hydrogen (secondary N) is 1. The third-order valence-electron chi connectivity index (χ3n) is 4.08. The van der Waals surface area contributed by atoms with Crippen molar-refractivity contribution in [1.29, 1.82) is 0 Å². The maximum absolute atomic E-state index is 12.9. The van der Waals surface area contributed by atoms with Crippen LogP contribution >= 0.6 is 11.3 Å². The number of methoxy groups -OCH3 is 1. The lowest BCUT2D eigenvalue weighted by atomic mass is 9.90. The SMILES string of the molecule is COCc1nc(CCNC(=O)C(c2ccccc2)c2ccccc2)cs1. The van der Waals surface area contributed by atoms with E-state index in [1.807, 2.05) is 66.0 Å². The molecule has 0 unspecified atom stereocenters. The van der Waals surface area contributed by atoms with E-state index in [9.17, 15) is 4.79 Å². The lowest BCUT2D eigenvalue weighted by molar-refractivity contribution is -0.121. The van der Waals surface area contributed by atoms with Crippen molar-refractivity contribution in [1.82, 2.24) is 10.3 Å². The highest BCUT2D eigenvalue weighted by atomic mass is 32.1. The van der Waals surface area contributed by atoms with Crippen LogP contribution in [0.15, 0.2) is 66.0 Å². The molecule has 1 amide bonds. The van der Waals surface area contributed by atoms with Crippen molar-refractivity contribution < 1.29 is 9.53 Å². The van der Waals surface area contributed by atoms with Gasteiger partial charge in [-0.15, -0.1) is 11.3 Å². The fourth-order valence-corrected chi connectivity index (χ4v) is 3.65. The second-order valence-electron chi connectivity index (χ2n) is 5.96. The van der Waals surface area contributed by atoms with E-state index in [2.05, 4.69) is 10.3 Å². The van der Waals surface area contributed by atoms with Crippen LogP contribution in [0.25, 0.3) is 0 Å². The average Bonchev–Trinajstić information content (AvgIpc) is 3.11. The molecule has 0 aliphatic carbocycles. The van der Waals surface area contributed by atoms with E-state index in [0.717, 1.165) is 21.8 Å². The molecular weight excluding hydrogens is 344 g/mol. The number of carbonyl (C=O) groups excluding carboxylic acids is 1. The highest BCUT2D eigenvalue weighted by molar-refractivity contribution is 7.09. The maximum Gasteiger partial charge on any atom is 0.232 e. The number of nitrogens with zero attached hydrogens (tertiary/aromatic N) is 1. The van der Waals surface area contributed by atoms with E-state index >= 15 is 0 Å². The Labute approximate surface area is 157 Å². The summed E-state index contributed by atoms with van der Waals surface area (Å²) in [7, 11) is 1.66. The highest BCUT2D eigenvalue weighted by Crippen LogP contribution is 2.24. The summed E-state index contributed by atoms with van der Waals surface area (Å²) in [5.74, 6) is -0.299. The lowest BCUT2D eigenvalue weighted by Crippen LogP contribution is -2.31. The number of carbonyl (C=O) groups is 1. The number of benzene rings is 2. The normalized spacial score (nSPS) is 10.8. The summed E-state index contributed by atoms with van der Waals surface area (Å²) in [4.78, 5) is 17.4. The number of ether oxygens (including phenoxy) is 1. The van der Waals surface area contributed by atoms with Crippen molar-refractivity contribution in [3.05, 3.63) is 87.9 Å². The summed E-state index contributed by atoms with van der Waals surface area (Å²) < 4.78 is 5.09. The fraction of sp³-hybridized carbons (Fsp3) is 0.238. The Morgan fingerprint density at radius 3 is 2.27 bits per heavy atom. The van der Waals surface area contributed by atoms with Gasteiger partial charge < -0.3 is 10.1 Å². The number of aromatic nitrogens is 1. The Morgan fingerprint density at radius 1 is 1.08 bits per heavy atom. The molecule has 134 valence electrons. The lowest BCUT2D eigenvalue weighted by Gasteiger charge is -2.17. The highest BCUT2D eigenvalue weighted by Gasteiger charge is 2.22. The van der Waals surface area contributed by atoms with E-state index < -0.39 is 0 Å². The summed E-state index contributed by atoms with van der Waals surface area (Å²) in [6.07, 6.45) is 0.711. The Morgan fingerprint density at radius 2 is 1.69 bits per heavy atom. The first kappa shape index (κ1) is 18.3. The quantitative estimate of drug-likeness (QED) is 0.660. The zero-order chi connectivity index (χ0) is 18.2. The number of hydrogen-bond acceptors (Lipinski definition) is 4. The van der Waals surface area contributed by atoms with Crippen LogP contribution in [0.1, 0.15) is 27.7 Å². The van der Waals surface area contributed by atoms with Crippen LogP contribution in [0.3, 0.4) is 0 Å². The molecule has 5 heteroatoms. The van der Waals surface area contributed by atoms with Crippen LogP contribution in [0.5, 0.6) is 0 Å². The summed E-state index contributed by atoms with van der Waals surface area (Å²) >= 11 is 1.58. The molecule has 3 rings (SSSR count). The van der Waals surface area contributed by atoms with Gasteiger partial charge in [0.05, 0.1) is 18.2 Å². The molecule has 0 spiro atoms. The van der Waals surface area contributed by atoms with Gasteiger partial charge in [-0.3, -0.25) is 4.79 Å².